The fraction of sp³-hybridized carbons (Fsp3) is 0.571. The van der Waals surface area contributed by atoms with Crippen LogP contribution in [0, 0.1) is 0 Å². The molecule has 0 amide bonds. The van der Waals surface area contributed by atoms with Crippen LogP contribution in [0.15, 0.2) is 30.3 Å². The third kappa shape index (κ3) is 6.26. The predicted molar refractivity (Wildman–Crippen MR) is 85.7 cm³/mol. The molecule has 4 nitrogen and oxygen atoms in total. The molecule has 2 unspecified atom stereocenters. The lowest BCUT2D eigenvalue weighted by Gasteiger charge is -2.23. The Kier molecular flexibility index (Phi) is 6.51. The molecular formula is C14H23NO3S2. The van der Waals surface area contributed by atoms with Crippen molar-refractivity contribution in [1.29, 1.82) is 0 Å². The van der Waals surface area contributed by atoms with Crippen molar-refractivity contribution in [2.24, 2.45) is 0 Å². The first kappa shape index (κ1) is 17.5. The largest absolute Gasteiger partial charge is 0.388 e. The van der Waals surface area contributed by atoms with Crippen molar-refractivity contribution in [3.8, 4) is 0 Å². The van der Waals surface area contributed by atoms with Gasteiger partial charge < -0.3 is 5.11 Å². The molecule has 0 aliphatic carbocycles. The van der Waals surface area contributed by atoms with E-state index in [4.69, 9.17) is 0 Å². The van der Waals surface area contributed by atoms with Gasteiger partial charge in [-0.05, 0) is 24.7 Å². The standard InChI is InChI=1S/C14H23NO3S2/c1-12(13-7-5-4-6-8-13)9-20(17,18)15-10-14(2,16)11-19-3/h4-8,12,15-16H,9-11H2,1-3H3. The molecule has 1 aromatic carbocycles. The minimum Gasteiger partial charge on any atom is -0.388 e. The smallest absolute Gasteiger partial charge is 0.212 e. The highest BCUT2D eigenvalue weighted by atomic mass is 32.2. The highest BCUT2D eigenvalue weighted by molar-refractivity contribution is 7.98. The summed E-state index contributed by atoms with van der Waals surface area (Å²) in [7, 11) is -3.40. The summed E-state index contributed by atoms with van der Waals surface area (Å²) in [5.74, 6) is 0.426. The van der Waals surface area contributed by atoms with E-state index >= 15 is 0 Å². The van der Waals surface area contributed by atoms with Crippen LogP contribution in [0.25, 0.3) is 0 Å². The Morgan fingerprint density at radius 3 is 2.50 bits per heavy atom. The maximum Gasteiger partial charge on any atom is 0.212 e. The van der Waals surface area contributed by atoms with E-state index in [-0.39, 0.29) is 18.2 Å². The molecule has 6 heteroatoms. The van der Waals surface area contributed by atoms with E-state index in [0.717, 1.165) is 5.56 Å². The highest BCUT2D eigenvalue weighted by Crippen LogP contribution is 2.17. The molecule has 0 fully saturated rings. The van der Waals surface area contributed by atoms with Gasteiger partial charge in [0.1, 0.15) is 0 Å². The normalized spacial score (nSPS) is 16.6. The Morgan fingerprint density at radius 1 is 1.35 bits per heavy atom. The topological polar surface area (TPSA) is 66.4 Å². The fourth-order valence-corrected chi connectivity index (χ4v) is 4.12. The molecule has 0 aliphatic rings. The van der Waals surface area contributed by atoms with Crippen LogP contribution >= 0.6 is 11.8 Å². The fourth-order valence-electron chi connectivity index (χ4n) is 1.89. The molecule has 0 saturated heterocycles. The molecule has 0 radical (unpaired) electrons. The summed E-state index contributed by atoms with van der Waals surface area (Å²) in [5, 5.41) is 9.98. The summed E-state index contributed by atoms with van der Waals surface area (Å²) >= 11 is 1.49. The monoisotopic (exact) mass is 317 g/mol. The number of thioether (sulfide) groups is 1. The molecule has 2 atom stereocenters. The van der Waals surface area contributed by atoms with Gasteiger partial charge in [-0.1, -0.05) is 37.3 Å². The van der Waals surface area contributed by atoms with Gasteiger partial charge in [0, 0.05) is 12.3 Å². The molecule has 0 bridgehead atoms. The summed E-state index contributed by atoms with van der Waals surface area (Å²) < 4.78 is 26.6. The van der Waals surface area contributed by atoms with Gasteiger partial charge in [0.05, 0.1) is 11.4 Å². The Balaban J connectivity index is 2.58. The summed E-state index contributed by atoms with van der Waals surface area (Å²) in [5.41, 5.74) is -0.0311. The molecule has 0 spiro atoms. The summed E-state index contributed by atoms with van der Waals surface area (Å²) in [4.78, 5) is 0. The molecule has 0 heterocycles. The Morgan fingerprint density at radius 2 is 1.95 bits per heavy atom. The van der Waals surface area contributed by atoms with Crippen LogP contribution in [0.4, 0.5) is 0 Å². The lowest BCUT2D eigenvalue weighted by atomic mass is 10.0. The van der Waals surface area contributed by atoms with E-state index in [0.29, 0.717) is 5.75 Å². The van der Waals surface area contributed by atoms with Gasteiger partial charge in [0.15, 0.2) is 0 Å². The van der Waals surface area contributed by atoms with Crippen molar-refractivity contribution in [1.82, 2.24) is 4.72 Å². The average molecular weight is 317 g/mol. The van der Waals surface area contributed by atoms with Gasteiger partial charge in [-0.3, -0.25) is 0 Å². The van der Waals surface area contributed by atoms with Crippen molar-refractivity contribution in [3.05, 3.63) is 35.9 Å². The maximum absolute atomic E-state index is 12.0. The molecule has 1 rings (SSSR count). The van der Waals surface area contributed by atoms with Gasteiger partial charge in [-0.15, -0.1) is 0 Å². The van der Waals surface area contributed by atoms with Crippen molar-refractivity contribution in [2.45, 2.75) is 25.4 Å². The first-order valence-electron chi connectivity index (χ1n) is 6.49. The van der Waals surface area contributed by atoms with E-state index < -0.39 is 15.6 Å². The van der Waals surface area contributed by atoms with Crippen LogP contribution in [0.3, 0.4) is 0 Å². The number of hydrogen-bond donors (Lipinski definition) is 2. The molecule has 2 N–H and O–H groups in total. The molecular weight excluding hydrogens is 294 g/mol. The van der Waals surface area contributed by atoms with Crippen LogP contribution in [0.5, 0.6) is 0 Å². The van der Waals surface area contributed by atoms with Gasteiger partial charge in [-0.2, -0.15) is 11.8 Å². The molecule has 114 valence electrons. The van der Waals surface area contributed by atoms with Gasteiger partial charge in [0.25, 0.3) is 0 Å². The van der Waals surface area contributed by atoms with Crippen LogP contribution in [0.1, 0.15) is 25.3 Å². The third-order valence-corrected chi connectivity index (χ3v) is 5.40. The van der Waals surface area contributed by atoms with Gasteiger partial charge in [0.2, 0.25) is 10.0 Å². The Bertz CT molecular complexity index is 500. The van der Waals surface area contributed by atoms with Crippen LogP contribution in [0.2, 0.25) is 0 Å². The van der Waals surface area contributed by atoms with Crippen LogP contribution in [-0.2, 0) is 10.0 Å². The zero-order chi connectivity index (χ0) is 15.2. The number of hydrogen-bond acceptors (Lipinski definition) is 4. The predicted octanol–water partition coefficient (Wildman–Crippen LogP) is 1.82. The average Bonchev–Trinajstić information content (AvgIpc) is 2.37. The number of aliphatic hydroxyl groups is 1. The summed E-state index contributed by atoms with van der Waals surface area (Å²) in [6, 6.07) is 9.54. The van der Waals surface area contributed by atoms with Gasteiger partial charge in [-0.25, -0.2) is 13.1 Å². The second-order valence-corrected chi connectivity index (χ2v) is 8.06. The van der Waals surface area contributed by atoms with E-state index in [9.17, 15) is 13.5 Å². The molecule has 20 heavy (non-hydrogen) atoms. The van der Waals surface area contributed by atoms with E-state index in [2.05, 4.69) is 4.72 Å². The zero-order valence-electron chi connectivity index (χ0n) is 12.2. The Hall–Kier alpha value is -0.560. The van der Waals surface area contributed by atoms with Crippen LogP contribution < -0.4 is 4.72 Å². The lowest BCUT2D eigenvalue weighted by Crippen LogP contribution is -2.43. The summed E-state index contributed by atoms with van der Waals surface area (Å²) in [6.45, 7) is 3.55. The van der Waals surface area contributed by atoms with Crippen LogP contribution in [-0.4, -0.2) is 43.4 Å². The number of nitrogens with one attached hydrogen (secondary N) is 1. The second-order valence-electron chi connectivity index (χ2n) is 5.34. The zero-order valence-corrected chi connectivity index (χ0v) is 13.8. The molecule has 0 saturated carbocycles. The minimum absolute atomic E-state index is 0.0202. The van der Waals surface area contributed by atoms with Crippen molar-refractivity contribution in [2.75, 3.05) is 24.3 Å². The maximum atomic E-state index is 12.0. The third-order valence-electron chi connectivity index (χ3n) is 2.97. The first-order chi connectivity index (χ1) is 9.26. The number of sulfonamides is 1. The quantitative estimate of drug-likeness (QED) is 0.767. The second kappa shape index (κ2) is 7.45. The number of rotatable bonds is 8. The first-order valence-corrected chi connectivity index (χ1v) is 9.54. The van der Waals surface area contributed by atoms with E-state index in [1.807, 2.05) is 43.5 Å². The van der Waals surface area contributed by atoms with Gasteiger partial charge >= 0.3 is 0 Å². The van der Waals surface area contributed by atoms with Crippen molar-refractivity contribution >= 4 is 21.8 Å². The highest BCUT2D eigenvalue weighted by Gasteiger charge is 2.24. The SMILES string of the molecule is CSCC(C)(O)CNS(=O)(=O)CC(C)c1ccccc1. The number of benzene rings is 1. The van der Waals surface area contributed by atoms with E-state index in [1.165, 1.54) is 11.8 Å². The molecule has 0 aliphatic heterocycles. The summed E-state index contributed by atoms with van der Waals surface area (Å²) in [6.07, 6.45) is 1.88. The van der Waals surface area contributed by atoms with Crippen molar-refractivity contribution < 1.29 is 13.5 Å². The Labute approximate surface area is 126 Å². The minimum atomic E-state index is -3.40. The molecule has 0 aromatic heterocycles. The molecule has 1 aromatic rings. The van der Waals surface area contributed by atoms with E-state index in [1.54, 1.807) is 6.92 Å². The van der Waals surface area contributed by atoms with Crippen molar-refractivity contribution in [3.63, 3.8) is 0 Å². The lowest BCUT2D eigenvalue weighted by molar-refractivity contribution is 0.0908.